The van der Waals surface area contributed by atoms with Crippen LogP contribution in [0.1, 0.15) is 6.42 Å². The third-order valence-electron chi connectivity index (χ3n) is 4.48. The van der Waals surface area contributed by atoms with Crippen LogP contribution in [-0.2, 0) is 4.79 Å². The van der Waals surface area contributed by atoms with E-state index >= 15 is 0 Å². The fraction of sp³-hybridized carbons (Fsp3) is 0.350. The number of anilines is 1. The largest absolute Gasteiger partial charge is 0.497 e. The lowest BCUT2D eigenvalue weighted by Crippen LogP contribution is -2.48. The number of piperazine rings is 1. The molecule has 0 aliphatic carbocycles. The lowest BCUT2D eigenvalue weighted by Gasteiger charge is -2.36. The van der Waals surface area contributed by atoms with Crippen molar-refractivity contribution in [3.05, 3.63) is 54.3 Å². The van der Waals surface area contributed by atoms with Gasteiger partial charge in [0.25, 0.3) is 0 Å². The van der Waals surface area contributed by atoms with Gasteiger partial charge in [0.1, 0.15) is 11.6 Å². The Morgan fingerprint density at radius 1 is 1.08 bits per heavy atom. The lowest BCUT2D eigenvalue weighted by molar-refractivity contribution is -0.131. The van der Waals surface area contributed by atoms with E-state index in [-0.39, 0.29) is 11.7 Å². The van der Waals surface area contributed by atoms with Gasteiger partial charge in [-0.15, -0.1) is 11.8 Å². The summed E-state index contributed by atoms with van der Waals surface area (Å²) in [5.41, 5.74) is 1.15. The first kappa shape index (κ1) is 18.6. The second-order valence-corrected chi connectivity index (χ2v) is 7.23. The molecule has 1 heterocycles. The van der Waals surface area contributed by atoms with Gasteiger partial charge in [-0.3, -0.25) is 4.79 Å². The van der Waals surface area contributed by atoms with Crippen LogP contribution in [0.15, 0.2) is 53.4 Å². The molecule has 0 spiro atoms. The molecule has 1 aliphatic heterocycles. The summed E-state index contributed by atoms with van der Waals surface area (Å²) in [7, 11) is 1.66. The van der Waals surface area contributed by atoms with Crippen LogP contribution >= 0.6 is 11.8 Å². The first-order valence-corrected chi connectivity index (χ1v) is 9.70. The molecule has 1 aliphatic rings. The molecular weight excluding hydrogens is 351 g/mol. The first-order valence-electron chi connectivity index (χ1n) is 8.71. The van der Waals surface area contributed by atoms with E-state index in [0.29, 0.717) is 17.1 Å². The van der Waals surface area contributed by atoms with Crippen LogP contribution in [0.4, 0.5) is 10.1 Å². The van der Waals surface area contributed by atoms with Crippen LogP contribution in [0, 0.1) is 5.82 Å². The van der Waals surface area contributed by atoms with Crippen LogP contribution in [-0.4, -0.2) is 49.8 Å². The van der Waals surface area contributed by atoms with E-state index in [4.69, 9.17) is 4.74 Å². The van der Waals surface area contributed by atoms with Gasteiger partial charge in [0, 0.05) is 48.9 Å². The maximum atomic E-state index is 13.6. The van der Waals surface area contributed by atoms with Crippen LogP contribution in [0.25, 0.3) is 0 Å². The van der Waals surface area contributed by atoms with Crippen molar-refractivity contribution in [1.82, 2.24) is 4.90 Å². The van der Waals surface area contributed by atoms with Crippen LogP contribution in [0.3, 0.4) is 0 Å². The van der Waals surface area contributed by atoms with Crippen molar-refractivity contribution in [3.8, 4) is 5.75 Å². The van der Waals surface area contributed by atoms with Crippen molar-refractivity contribution < 1.29 is 13.9 Å². The number of carbonyl (C=O) groups is 1. The van der Waals surface area contributed by atoms with E-state index in [9.17, 15) is 9.18 Å². The topological polar surface area (TPSA) is 32.8 Å². The second-order valence-electron chi connectivity index (χ2n) is 6.09. The highest BCUT2D eigenvalue weighted by atomic mass is 32.2. The van der Waals surface area contributed by atoms with Crippen LogP contribution in [0.2, 0.25) is 0 Å². The smallest absolute Gasteiger partial charge is 0.223 e. The van der Waals surface area contributed by atoms with Gasteiger partial charge < -0.3 is 14.5 Å². The quantitative estimate of drug-likeness (QED) is 0.723. The highest BCUT2D eigenvalue weighted by Gasteiger charge is 2.21. The van der Waals surface area contributed by atoms with Gasteiger partial charge in [0.15, 0.2) is 0 Å². The van der Waals surface area contributed by atoms with Gasteiger partial charge in [-0.05, 0) is 36.4 Å². The summed E-state index contributed by atoms with van der Waals surface area (Å²) < 4.78 is 18.8. The number of hydrogen-bond acceptors (Lipinski definition) is 4. The monoisotopic (exact) mass is 374 g/mol. The first-order chi connectivity index (χ1) is 12.7. The predicted octanol–water partition coefficient (Wildman–Crippen LogP) is 3.67. The number of ether oxygens (including phenoxy) is 1. The van der Waals surface area contributed by atoms with E-state index in [2.05, 4.69) is 4.90 Å². The third-order valence-corrected chi connectivity index (χ3v) is 5.53. The zero-order valence-corrected chi connectivity index (χ0v) is 15.7. The number of hydrogen-bond donors (Lipinski definition) is 0. The Hall–Kier alpha value is -2.21. The summed E-state index contributed by atoms with van der Waals surface area (Å²) in [6.07, 6.45) is 0.432. The molecule has 4 nitrogen and oxygen atoms in total. The molecular formula is C20H23FN2O2S. The van der Waals surface area contributed by atoms with Gasteiger partial charge in [0.05, 0.1) is 7.11 Å². The average molecular weight is 374 g/mol. The lowest BCUT2D eigenvalue weighted by atomic mass is 10.2. The molecule has 1 saturated heterocycles. The summed E-state index contributed by atoms with van der Waals surface area (Å²) in [6, 6.07) is 14.7. The SMILES string of the molecule is COc1ccc(N2CCN(C(=O)CCSc3ccccc3F)CC2)cc1. The van der Waals surface area contributed by atoms with Crippen molar-refractivity contribution in [1.29, 1.82) is 0 Å². The molecule has 1 fully saturated rings. The fourth-order valence-corrected chi connectivity index (χ4v) is 3.85. The van der Waals surface area contributed by atoms with E-state index in [1.165, 1.54) is 17.8 Å². The zero-order chi connectivity index (χ0) is 18.4. The standard InChI is InChI=1S/C20H23FN2O2S/c1-25-17-8-6-16(7-9-17)22-11-13-23(14-12-22)20(24)10-15-26-19-5-3-2-4-18(19)21/h2-9H,10-15H2,1H3. The summed E-state index contributed by atoms with van der Waals surface area (Å²) in [5, 5.41) is 0. The summed E-state index contributed by atoms with van der Waals surface area (Å²) in [6.45, 7) is 3.07. The molecule has 1 amide bonds. The van der Waals surface area contributed by atoms with E-state index < -0.39 is 0 Å². The van der Waals surface area contributed by atoms with Gasteiger partial charge in [-0.1, -0.05) is 12.1 Å². The third kappa shape index (κ3) is 4.69. The van der Waals surface area contributed by atoms with Crippen molar-refractivity contribution in [3.63, 3.8) is 0 Å². The van der Waals surface area contributed by atoms with Gasteiger partial charge >= 0.3 is 0 Å². The molecule has 2 aromatic rings. The molecule has 26 heavy (non-hydrogen) atoms. The zero-order valence-electron chi connectivity index (χ0n) is 14.9. The Bertz CT molecular complexity index is 731. The highest BCUT2D eigenvalue weighted by molar-refractivity contribution is 7.99. The fourth-order valence-electron chi connectivity index (χ4n) is 2.98. The van der Waals surface area contributed by atoms with Crippen molar-refractivity contribution in [2.45, 2.75) is 11.3 Å². The summed E-state index contributed by atoms with van der Waals surface area (Å²) in [5.74, 6) is 1.36. The minimum atomic E-state index is -0.224. The van der Waals surface area contributed by atoms with E-state index in [0.717, 1.165) is 37.6 Å². The molecule has 0 bridgehead atoms. The molecule has 3 rings (SSSR count). The molecule has 0 radical (unpaired) electrons. The molecule has 0 unspecified atom stereocenters. The highest BCUT2D eigenvalue weighted by Crippen LogP contribution is 2.23. The van der Waals surface area contributed by atoms with E-state index in [1.54, 1.807) is 19.2 Å². The molecule has 6 heteroatoms. The minimum Gasteiger partial charge on any atom is -0.497 e. The number of benzene rings is 2. The maximum absolute atomic E-state index is 13.6. The van der Waals surface area contributed by atoms with Crippen LogP contribution < -0.4 is 9.64 Å². The van der Waals surface area contributed by atoms with Gasteiger partial charge in [-0.2, -0.15) is 0 Å². The second kappa shape index (κ2) is 8.94. The number of rotatable bonds is 6. The molecule has 138 valence electrons. The molecule has 0 aromatic heterocycles. The predicted molar refractivity (Wildman–Crippen MR) is 104 cm³/mol. The Balaban J connectivity index is 1.43. The van der Waals surface area contributed by atoms with Crippen molar-refractivity contribution in [2.24, 2.45) is 0 Å². The Morgan fingerprint density at radius 3 is 2.42 bits per heavy atom. The molecule has 0 N–H and O–H groups in total. The molecule has 0 atom stereocenters. The number of nitrogens with zero attached hydrogens (tertiary/aromatic N) is 2. The Kier molecular flexibility index (Phi) is 6.39. The normalized spacial score (nSPS) is 14.4. The Labute approximate surface area is 157 Å². The van der Waals surface area contributed by atoms with Gasteiger partial charge in [0.2, 0.25) is 5.91 Å². The molecule has 0 saturated carbocycles. The molecule has 2 aromatic carbocycles. The Morgan fingerprint density at radius 2 is 1.77 bits per heavy atom. The average Bonchev–Trinajstić information content (AvgIpc) is 2.69. The van der Waals surface area contributed by atoms with Crippen molar-refractivity contribution in [2.75, 3.05) is 43.9 Å². The minimum absolute atomic E-state index is 0.142. The number of amides is 1. The number of halogens is 1. The van der Waals surface area contributed by atoms with Gasteiger partial charge in [-0.25, -0.2) is 4.39 Å². The van der Waals surface area contributed by atoms with Crippen molar-refractivity contribution >= 4 is 23.4 Å². The van der Waals surface area contributed by atoms with E-state index in [1.807, 2.05) is 35.2 Å². The number of carbonyl (C=O) groups excluding carboxylic acids is 1. The number of methoxy groups -OCH3 is 1. The summed E-state index contributed by atoms with van der Waals surface area (Å²) in [4.78, 5) is 17.2. The number of thioether (sulfide) groups is 1. The van der Waals surface area contributed by atoms with Crippen LogP contribution in [0.5, 0.6) is 5.75 Å². The maximum Gasteiger partial charge on any atom is 0.223 e. The summed E-state index contributed by atoms with van der Waals surface area (Å²) >= 11 is 1.40.